The molecule has 0 saturated heterocycles. The summed E-state index contributed by atoms with van der Waals surface area (Å²) in [5.74, 6) is -1.56. The van der Waals surface area contributed by atoms with Crippen LogP contribution < -0.4 is 10.2 Å². The zero-order valence-electron chi connectivity index (χ0n) is 16.4. The second-order valence-corrected chi connectivity index (χ2v) is 7.61. The summed E-state index contributed by atoms with van der Waals surface area (Å²) in [5, 5.41) is 2.96. The van der Waals surface area contributed by atoms with E-state index in [0.29, 0.717) is 9.92 Å². The summed E-state index contributed by atoms with van der Waals surface area (Å²) in [4.78, 5) is 27.5. The molecule has 0 radical (unpaired) electrons. The van der Waals surface area contributed by atoms with Crippen molar-refractivity contribution < 1.29 is 22.8 Å². The van der Waals surface area contributed by atoms with E-state index in [1.54, 1.807) is 42.3 Å². The minimum Gasteiger partial charge on any atom is -0.324 e. The third kappa shape index (κ3) is 4.60. The molecule has 2 unspecified atom stereocenters. The van der Waals surface area contributed by atoms with Crippen LogP contribution in [0, 0.1) is 0 Å². The lowest BCUT2D eigenvalue weighted by atomic mass is 10.1. The molecule has 3 rings (SSSR count). The van der Waals surface area contributed by atoms with Gasteiger partial charge in [0.15, 0.2) is 0 Å². The minimum absolute atomic E-state index is 0.0227. The maximum Gasteiger partial charge on any atom is 0.409 e. The Bertz CT molecular complexity index is 951. The first-order chi connectivity index (χ1) is 14.1. The number of rotatable bonds is 4. The van der Waals surface area contributed by atoms with Crippen LogP contribution in [-0.4, -0.2) is 42.5 Å². The van der Waals surface area contributed by atoms with E-state index >= 15 is 0 Å². The van der Waals surface area contributed by atoms with Gasteiger partial charge in [0.05, 0.1) is 24.3 Å². The predicted octanol–water partition coefficient (Wildman–Crippen LogP) is 4.64. The summed E-state index contributed by atoms with van der Waals surface area (Å²) in [6.07, 6.45) is -5.63. The van der Waals surface area contributed by atoms with Gasteiger partial charge in [-0.2, -0.15) is 13.2 Å². The Kier molecular flexibility index (Phi) is 6.38. The number of carbonyl (C=O) groups excluding carboxylic acids is 2. The molecular weight excluding hydrogens is 419 g/mol. The number of anilines is 2. The van der Waals surface area contributed by atoms with Crippen molar-refractivity contribution in [1.82, 2.24) is 4.90 Å². The maximum atomic E-state index is 13.8. The quantitative estimate of drug-likeness (QED) is 0.755. The van der Waals surface area contributed by atoms with Gasteiger partial charge < -0.3 is 5.32 Å². The summed E-state index contributed by atoms with van der Waals surface area (Å²) in [6.45, 7) is 1.53. The van der Waals surface area contributed by atoms with Crippen LogP contribution in [0.25, 0.3) is 0 Å². The van der Waals surface area contributed by atoms with Crippen molar-refractivity contribution in [3.8, 4) is 0 Å². The molecule has 160 valence electrons. The first kappa shape index (κ1) is 22.1. The van der Waals surface area contributed by atoms with Crippen LogP contribution >= 0.6 is 11.6 Å². The van der Waals surface area contributed by atoms with Crippen molar-refractivity contribution in [1.29, 1.82) is 0 Å². The summed E-state index contributed by atoms with van der Waals surface area (Å²) in [6, 6.07) is 10.5. The third-order valence-electron chi connectivity index (χ3n) is 5.18. The monoisotopic (exact) mass is 439 g/mol. The second kappa shape index (κ2) is 8.65. The van der Waals surface area contributed by atoms with Crippen LogP contribution in [0.4, 0.5) is 24.5 Å². The molecule has 2 atom stereocenters. The van der Waals surface area contributed by atoms with Crippen molar-refractivity contribution in [2.45, 2.75) is 31.6 Å². The van der Waals surface area contributed by atoms with Crippen LogP contribution in [0.15, 0.2) is 48.5 Å². The molecule has 5 nitrogen and oxygen atoms in total. The van der Waals surface area contributed by atoms with E-state index in [4.69, 9.17) is 11.6 Å². The molecule has 0 aliphatic carbocycles. The molecule has 2 aromatic carbocycles. The fourth-order valence-electron chi connectivity index (χ4n) is 3.47. The fraction of sp³-hybridized carbons (Fsp3) is 0.333. The van der Waals surface area contributed by atoms with E-state index in [1.165, 1.54) is 18.2 Å². The van der Waals surface area contributed by atoms with Crippen LogP contribution in [0.3, 0.4) is 0 Å². The van der Waals surface area contributed by atoms with E-state index in [-0.39, 0.29) is 24.0 Å². The molecule has 2 amide bonds. The van der Waals surface area contributed by atoms with Crippen molar-refractivity contribution in [2.75, 3.05) is 23.8 Å². The summed E-state index contributed by atoms with van der Waals surface area (Å²) < 4.78 is 41.4. The molecule has 1 heterocycles. The highest BCUT2D eigenvalue weighted by molar-refractivity contribution is 6.31. The topological polar surface area (TPSA) is 52.7 Å². The number of benzene rings is 2. The summed E-state index contributed by atoms with van der Waals surface area (Å²) in [7, 11) is 1.64. The standard InChI is InChI=1S/C21H21ClF3N3O2/c1-13(14-7-3-4-8-15(14)22)27(2)12-20(30)28-17-10-6-5-9-16(17)26-19(29)11-18(28)21(23,24)25/h3-10,13,18H,11-12H2,1-2H3,(H,26,29). The molecule has 2 aromatic rings. The van der Waals surface area contributed by atoms with Crippen LogP contribution in [0.1, 0.15) is 24.9 Å². The van der Waals surface area contributed by atoms with E-state index in [0.717, 1.165) is 5.56 Å². The van der Waals surface area contributed by atoms with Gasteiger partial charge in [-0.05, 0) is 37.7 Å². The Morgan fingerprint density at radius 2 is 1.87 bits per heavy atom. The van der Waals surface area contributed by atoms with Crippen molar-refractivity contribution in [2.24, 2.45) is 0 Å². The second-order valence-electron chi connectivity index (χ2n) is 7.20. The summed E-state index contributed by atoms with van der Waals surface area (Å²) in [5.41, 5.74) is 0.953. The van der Waals surface area contributed by atoms with Crippen LogP contribution in [-0.2, 0) is 9.59 Å². The number of fused-ring (bicyclic) bond motifs is 1. The number of likely N-dealkylation sites (N-methyl/N-ethyl adjacent to an activating group) is 1. The van der Waals surface area contributed by atoms with Crippen LogP contribution in [0.5, 0.6) is 0 Å². The van der Waals surface area contributed by atoms with Gasteiger partial charge in [0.25, 0.3) is 0 Å². The Morgan fingerprint density at radius 3 is 2.53 bits per heavy atom. The highest BCUT2D eigenvalue weighted by Gasteiger charge is 2.49. The molecule has 0 fully saturated rings. The SMILES string of the molecule is CC(c1ccccc1Cl)N(C)CC(=O)N1c2ccccc2NC(=O)CC1C(F)(F)F. The van der Waals surface area contributed by atoms with Crippen molar-refractivity contribution >= 4 is 34.8 Å². The first-order valence-corrected chi connectivity index (χ1v) is 9.69. The molecule has 1 aliphatic heterocycles. The average Bonchev–Trinajstić information content (AvgIpc) is 2.83. The normalized spacial score (nSPS) is 17.9. The Morgan fingerprint density at radius 1 is 1.23 bits per heavy atom. The number of para-hydroxylation sites is 2. The predicted molar refractivity (Wildman–Crippen MR) is 110 cm³/mol. The molecular formula is C21H21ClF3N3O2. The number of nitrogens with one attached hydrogen (secondary N) is 1. The van der Waals surface area contributed by atoms with Gasteiger partial charge in [0.1, 0.15) is 6.04 Å². The lowest BCUT2D eigenvalue weighted by Crippen LogP contribution is -2.52. The molecule has 0 bridgehead atoms. The zero-order chi connectivity index (χ0) is 22.1. The number of nitrogens with zero attached hydrogens (tertiary/aromatic N) is 2. The van der Waals surface area contributed by atoms with Gasteiger partial charge in [-0.25, -0.2) is 0 Å². The number of hydrogen-bond donors (Lipinski definition) is 1. The number of halogens is 4. The lowest BCUT2D eigenvalue weighted by molar-refractivity contribution is -0.158. The molecule has 30 heavy (non-hydrogen) atoms. The molecule has 1 aliphatic rings. The molecule has 0 saturated carbocycles. The Hall–Kier alpha value is -2.58. The van der Waals surface area contributed by atoms with Gasteiger partial charge in [0, 0.05) is 11.1 Å². The van der Waals surface area contributed by atoms with Gasteiger partial charge in [-0.15, -0.1) is 0 Å². The van der Waals surface area contributed by atoms with E-state index in [9.17, 15) is 22.8 Å². The van der Waals surface area contributed by atoms with Gasteiger partial charge in [-0.3, -0.25) is 19.4 Å². The van der Waals surface area contributed by atoms with Crippen LogP contribution in [0.2, 0.25) is 5.02 Å². The minimum atomic E-state index is -4.77. The summed E-state index contributed by atoms with van der Waals surface area (Å²) >= 11 is 6.22. The van der Waals surface area contributed by atoms with E-state index in [2.05, 4.69) is 5.32 Å². The highest BCUT2D eigenvalue weighted by atomic mass is 35.5. The first-order valence-electron chi connectivity index (χ1n) is 9.32. The molecule has 9 heteroatoms. The molecule has 0 spiro atoms. The van der Waals surface area contributed by atoms with Gasteiger partial charge in [-0.1, -0.05) is 41.9 Å². The Balaban J connectivity index is 1.93. The van der Waals surface area contributed by atoms with Crippen molar-refractivity contribution in [3.63, 3.8) is 0 Å². The third-order valence-corrected chi connectivity index (χ3v) is 5.52. The smallest absolute Gasteiger partial charge is 0.324 e. The largest absolute Gasteiger partial charge is 0.409 e. The number of hydrogen-bond acceptors (Lipinski definition) is 3. The molecule has 0 aromatic heterocycles. The van der Waals surface area contributed by atoms with Crippen molar-refractivity contribution in [3.05, 3.63) is 59.1 Å². The fourth-order valence-corrected chi connectivity index (χ4v) is 3.77. The van der Waals surface area contributed by atoms with E-state index < -0.39 is 30.5 Å². The average molecular weight is 440 g/mol. The lowest BCUT2D eigenvalue weighted by Gasteiger charge is -2.34. The van der Waals surface area contributed by atoms with E-state index in [1.807, 2.05) is 6.92 Å². The highest BCUT2D eigenvalue weighted by Crippen LogP contribution is 2.38. The number of alkyl halides is 3. The zero-order valence-corrected chi connectivity index (χ0v) is 17.2. The van der Waals surface area contributed by atoms with Gasteiger partial charge >= 0.3 is 6.18 Å². The Labute approximate surface area is 177 Å². The number of amides is 2. The van der Waals surface area contributed by atoms with Gasteiger partial charge in [0.2, 0.25) is 11.8 Å². The molecule has 1 N–H and O–H groups in total. The number of carbonyl (C=O) groups is 2. The maximum absolute atomic E-state index is 13.8.